The normalized spacial score (nSPS) is 20.7. The Morgan fingerprint density at radius 2 is 2.13 bits per heavy atom. The summed E-state index contributed by atoms with van der Waals surface area (Å²) in [4.78, 5) is 23.3. The third-order valence-corrected chi connectivity index (χ3v) is 3.64. The summed E-state index contributed by atoms with van der Waals surface area (Å²) >= 11 is 0. The Bertz CT molecular complexity index is 694. The molecule has 1 heterocycles. The minimum atomic E-state index is -4.65. The first-order valence-electron chi connectivity index (χ1n) is 6.85. The topological polar surface area (TPSA) is 82.0 Å². The quantitative estimate of drug-likeness (QED) is 0.891. The molecule has 23 heavy (non-hydrogen) atoms. The van der Waals surface area contributed by atoms with E-state index < -0.39 is 23.2 Å². The van der Waals surface area contributed by atoms with Gasteiger partial charge in [0.1, 0.15) is 0 Å². The van der Waals surface area contributed by atoms with Gasteiger partial charge in [0, 0.05) is 18.5 Å². The minimum Gasteiger partial charge on any atom is -0.350 e. The number of alkyl halides is 3. The zero-order valence-corrected chi connectivity index (χ0v) is 12.3. The van der Waals surface area contributed by atoms with Crippen LogP contribution in [0, 0.1) is 11.3 Å². The maximum Gasteiger partial charge on any atom is 0.416 e. The predicted molar refractivity (Wildman–Crippen MR) is 74.3 cm³/mol. The lowest BCUT2D eigenvalue weighted by Gasteiger charge is -2.24. The van der Waals surface area contributed by atoms with Gasteiger partial charge < -0.3 is 10.6 Å². The molecule has 2 rings (SSSR count). The molecule has 2 amide bonds. The molecule has 0 aromatic heterocycles. The molecule has 8 heteroatoms. The van der Waals surface area contributed by atoms with Crippen molar-refractivity contribution in [1.82, 2.24) is 10.6 Å². The van der Waals surface area contributed by atoms with Crippen LogP contribution in [0.1, 0.15) is 41.3 Å². The number of carbonyl (C=O) groups excluding carboxylic acids is 2. The molecule has 1 aromatic carbocycles. The van der Waals surface area contributed by atoms with Crippen molar-refractivity contribution in [1.29, 1.82) is 5.26 Å². The number of halogens is 3. The summed E-state index contributed by atoms with van der Waals surface area (Å²) in [5, 5.41) is 14.0. The highest BCUT2D eigenvalue weighted by atomic mass is 19.4. The van der Waals surface area contributed by atoms with Crippen LogP contribution in [0.15, 0.2) is 18.2 Å². The second-order valence-corrected chi connectivity index (χ2v) is 5.70. The minimum absolute atomic E-state index is 0.0930. The average Bonchev–Trinajstić information content (AvgIpc) is 2.83. The fraction of sp³-hybridized carbons (Fsp3) is 0.400. The monoisotopic (exact) mass is 325 g/mol. The van der Waals surface area contributed by atoms with E-state index in [-0.39, 0.29) is 23.6 Å². The highest BCUT2D eigenvalue weighted by Crippen LogP contribution is 2.30. The third kappa shape index (κ3) is 4.00. The number of rotatable bonds is 3. The average molecular weight is 325 g/mol. The SMILES string of the molecule is CC1(CNC(=O)c2cc(C#N)cc(C(F)(F)F)c2)CCC(=O)N1. The van der Waals surface area contributed by atoms with Gasteiger partial charge in [-0.15, -0.1) is 0 Å². The van der Waals surface area contributed by atoms with Gasteiger partial charge in [-0.1, -0.05) is 0 Å². The highest BCUT2D eigenvalue weighted by molar-refractivity contribution is 5.95. The van der Waals surface area contributed by atoms with Crippen LogP contribution >= 0.6 is 0 Å². The molecule has 0 spiro atoms. The standard InChI is InChI=1S/C15H14F3N3O2/c1-14(3-2-12(22)21-14)8-20-13(23)10-4-9(7-19)5-11(6-10)15(16,17)18/h4-6H,2-3,8H2,1H3,(H,20,23)(H,21,22). The fourth-order valence-corrected chi connectivity index (χ4v) is 2.35. The first-order chi connectivity index (χ1) is 10.6. The van der Waals surface area contributed by atoms with Gasteiger partial charge in [-0.25, -0.2) is 0 Å². The van der Waals surface area contributed by atoms with Crippen LogP contribution in [0.3, 0.4) is 0 Å². The van der Waals surface area contributed by atoms with Crippen molar-refractivity contribution >= 4 is 11.8 Å². The van der Waals surface area contributed by atoms with E-state index >= 15 is 0 Å². The van der Waals surface area contributed by atoms with Crippen LogP contribution in [-0.4, -0.2) is 23.9 Å². The Morgan fingerprint density at radius 3 is 2.65 bits per heavy atom. The molecular formula is C15H14F3N3O2. The molecule has 122 valence electrons. The second-order valence-electron chi connectivity index (χ2n) is 5.70. The molecule has 0 radical (unpaired) electrons. The van der Waals surface area contributed by atoms with E-state index in [0.29, 0.717) is 25.0 Å². The zero-order chi connectivity index (χ0) is 17.3. The fourth-order valence-electron chi connectivity index (χ4n) is 2.35. The van der Waals surface area contributed by atoms with Crippen LogP contribution in [-0.2, 0) is 11.0 Å². The molecule has 1 saturated heterocycles. The van der Waals surface area contributed by atoms with Crippen molar-refractivity contribution in [3.8, 4) is 6.07 Å². The van der Waals surface area contributed by atoms with Crippen molar-refractivity contribution in [2.75, 3.05) is 6.54 Å². The molecular weight excluding hydrogens is 311 g/mol. The Kier molecular flexibility index (Phi) is 4.32. The lowest BCUT2D eigenvalue weighted by atomic mass is 10.00. The van der Waals surface area contributed by atoms with Crippen LogP contribution in [0.5, 0.6) is 0 Å². The number of amides is 2. The van der Waals surface area contributed by atoms with Crippen molar-refractivity contribution in [3.05, 3.63) is 34.9 Å². The van der Waals surface area contributed by atoms with Crippen molar-refractivity contribution in [2.45, 2.75) is 31.5 Å². The van der Waals surface area contributed by atoms with E-state index in [1.165, 1.54) is 0 Å². The first-order valence-corrected chi connectivity index (χ1v) is 6.85. The molecule has 1 fully saturated rings. The number of nitrogens with zero attached hydrogens (tertiary/aromatic N) is 1. The molecule has 1 aliphatic heterocycles. The van der Waals surface area contributed by atoms with Crippen LogP contribution in [0.25, 0.3) is 0 Å². The van der Waals surface area contributed by atoms with E-state index in [1.54, 1.807) is 13.0 Å². The van der Waals surface area contributed by atoms with Crippen LogP contribution in [0.4, 0.5) is 13.2 Å². The first kappa shape index (κ1) is 16.8. The molecule has 1 aromatic rings. The largest absolute Gasteiger partial charge is 0.416 e. The smallest absolute Gasteiger partial charge is 0.350 e. The van der Waals surface area contributed by atoms with E-state index in [2.05, 4.69) is 10.6 Å². The number of hydrogen-bond acceptors (Lipinski definition) is 3. The molecule has 0 bridgehead atoms. The van der Waals surface area contributed by atoms with Crippen LogP contribution in [0.2, 0.25) is 0 Å². The Morgan fingerprint density at radius 1 is 1.43 bits per heavy atom. The van der Waals surface area contributed by atoms with Gasteiger partial charge in [-0.3, -0.25) is 9.59 Å². The van der Waals surface area contributed by atoms with Gasteiger partial charge in [-0.05, 0) is 31.5 Å². The molecule has 1 unspecified atom stereocenters. The summed E-state index contributed by atoms with van der Waals surface area (Å²) in [6.07, 6.45) is -3.78. The van der Waals surface area contributed by atoms with Crippen molar-refractivity contribution in [3.63, 3.8) is 0 Å². The van der Waals surface area contributed by atoms with E-state index in [4.69, 9.17) is 5.26 Å². The molecule has 5 nitrogen and oxygen atoms in total. The Labute approximate surface area is 130 Å². The summed E-state index contributed by atoms with van der Waals surface area (Å²) in [6.45, 7) is 1.83. The summed E-state index contributed by atoms with van der Waals surface area (Å²) in [6, 6.07) is 4.10. The predicted octanol–water partition coefficient (Wildman–Crippen LogP) is 1.98. The molecule has 0 aliphatic carbocycles. The van der Waals surface area contributed by atoms with E-state index in [1.807, 2.05) is 0 Å². The van der Waals surface area contributed by atoms with Crippen molar-refractivity contribution < 1.29 is 22.8 Å². The molecule has 1 aliphatic rings. The number of benzene rings is 1. The number of carbonyl (C=O) groups is 2. The summed E-state index contributed by atoms with van der Waals surface area (Å²) in [5.74, 6) is -0.859. The maximum atomic E-state index is 12.8. The maximum absolute atomic E-state index is 12.8. The van der Waals surface area contributed by atoms with Gasteiger partial charge in [-0.2, -0.15) is 18.4 Å². The number of nitriles is 1. The Hall–Kier alpha value is -2.56. The molecule has 2 N–H and O–H groups in total. The van der Waals surface area contributed by atoms with Crippen LogP contribution < -0.4 is 10.6 Å². The number of hydrogen-bond donors (Lipinski definition) is 2. The van der Waals surface area contributed by atoms with Gasteiger partial charge in [0.15, 0.2) is 0 Å². The third-order valence-electron chi connectivity index (χ3n) is 3.64. The van der Waals surface area contributed by atoms with E-state index in [0.717, 1.165) is 6.07 Å². The highest BCUT2D eigenvalue weighted by Gasteiger charge is 2.34. The summed E-state index contributed by atoms with van der Waals surface area (Å²) in [7, 11) is 0. The van der Waals surface area contributed by atoms with Gasteiger partial charge in [0.25, 0.3) is 5.91 Å². The Balaban J connectivity index is 2.16. The zero-order valence-electron chi connectivity index (χ0n) is 12.3. The van der Waals surface area contributed by atoms with Gasteiger partial charge in [0.05, 0.1) is 22.7 Å². The summed E-state index contributed by atoms with van der Waals surface area (Å²) < 4.78 is 38.4. The second kappa shape index (κ2) is 5.91. The lowest BCUT2D eigenvalue weighted by Crippen LogP contribution is -2.48. The van der Waals surface area contributed by atoms with Gasteiger partial charge in [0.2, 0.25) is 5.91 Å². The van der Waals surface area contributed by atoms with Gasteiger partial charge >= 0.3 is 6.18 Å². The van der Waals surface area contributed by atoms with E-state index in [9.17, 15) is 22.8 Å². The summed E-state index contributed by atoms with van der Waals surface area (Å²) in [5.41, 5.74) is -2.16. The van der Waals surface area contributed by atoms with Crippen molar-refractivity contribution in [2.24, 2.45) is 0 Å². The number of nitrogens with one attached hydrogen (secondary N) is 2. The molecule has 1 atom stereocenters. The lowest BCUT2D eigenvalue weighted by molar-refractivity contribution is -0.137. The molecule has 0 saturated carbocycles.